The van der Waals surface area contributed by atoms with Crippen molar-refractivity contribution in [3.63, 3.8) is 0 Å². The molecule has 0 bridgehead atoms. The molecule has 0 saturated heterocycles. The van der Waals surface area contributed by atoms with Crippen LogP contribution in [0.15, 0.2) is 0 Å². The van der Waals surface area contributed by atoms with Gasteiger partial charge >= 0.3 is 37.7 Å². The van der Waals surface area contributed by atoms with Gasteiger partial charge in [0.25, 0.3) is 0 Å². The number of quaternary nitrogens is 1. The van der Waals surface area contributed by atoms with Crippen LogP contribution in [0.1, 0.15) is 99.7 Å². The summed E-state index contributed by atoms with van der Waals surface area (Å²) in [6.07, 6.45) is 20.4. The number of hydrogen-bond acceptors (Lipinski definition) is 0. The van der Waals surface area contributed by atoms with Crippen LogP contribution in [-0.4, -0.2) is 69.9 Å². The molecule has 0 aromatic carbocycles. The molecule has 0 radical (unpaired) electrons. The molecule has 0 heterocycles. The third-order valence-electron chi connectivity index (χ3n) is 4.18. The maximum Gasteiger partial charge on any atom is 2.00 e. The molecule has 134 valence electrons. The fourth-order valence-corrected chi connectivity index (χ4v) is 2.78. The van der Waals surface area contributed by atoms with Gasteiger partial charge in [0.05, 0.1) is 27.7 Å². The molecule has 0 aromatic rings. The van der Waals surface area contributed by atoms with Crippen LogP contribution in [0.5, 0.6) is 0 Å². The van der Waals surface area contributed by atoms with Crippen LogP contribution in [0.25, 0.3) is 0 Å². The summed E-state index contributed by atoms with van der Waals surface area (Å²) < 4.78 is 1.12. The number of hydrogen-bond donors (Lipinski definition) is 0. The zero-order valence-corrected chi connectivity index (χ0v) is 19.1. The molecule has 22 heavy (non-hydrogen) atoms. The fraction of sp³-hybridized carbons (Fsp3) is 1.00. The summed E-state index contributed by atoms with van der Waals surface area (Å²) in [4.78, 5) is 0. The van der Waals surface area contributed by atoms with Crippen LogP contribution in [0, 0.1) is 0 Å². The second-order valence-electron chi connectivity index (χ2n) is 7.61. The van der Waals surface area contributed by atoms with Crippen molar-refractivity contribution in [3.8, 4) is 0 Å². The van der Waals surface area contributed by atoms with Gasteiger partial charge in [0.1, 0.15) is 0 Å². The Morgan fingerprint density at radius 3 is 1.09 bits per heavy atom. The minimum atomic E-state index is 0. The first-order chi connectivity index (χ1) is 9.56. The van der Waals surface area contributed by atoms with Crippen molar-refractivity contribution < 1.29 is 19.7 Å². The molecule has 0 N–H and O–H groups in total. The van der Waals surface area contributed by atoms with Gasteiger partial charge in [-0.3, -0.25) is 0 Å². The first-order valence-corrected chi connectivity index (χ1v) is 9.36. The SMILES string of the molecule is CCCCCCCCCCCCCCCC[N+](C)(C)C.[Ca+2].[Cl-].[H-].[H-]. The molecule has 0 aliphatic rings. The number of unbranched alkanes of at least 4 members (excludes halogenated alkanes) is 13. The van der Waals surface area contributed by atoms with Gasteiger partial charge in [-0.2, -0.15) is 0 Å². The normalized spacial score (nSPS) is 10.9. The average molecular weight is 362 g/mol. The van der Waals surface area contributed by atoms with Crippen LogP contribution in [-0.2, 0) is 0 Å². The Bertz CT molecular complexity index is 202. The van der Waals surface area contributed by atoms with Crippen molar-refractivity contribution in [3.05, 3.63) is 0 Å². The summed E-state index contributed by atoms with van der Waals surface area (Å²) in [5, 5.41) is 0. The smallest absolute Gasteiger partial charge is 1.00 e. The van der Waals surface area contributed by atoms with E-state index in [2.05, 4.69) is 28.1 Å². The summed E-state index contributed by atoms with van der Waals surface area (Å²) in [5.41, 5.74) is 0. The topological polar surface area (TPSA) is 0 Å². The van der Waals surface area contributed by atoms with E-state index in [0.29, 0.717) is 0 Å². The van der Waals surface area contributed by atoms with Crippen LogP contribution in [0.4, 0.5) is 0 Å². The Morgan fingerprint density at radius 2 is 0.818 bits per heavy atom. The molecule has 0 fully saturated rings. The summed E-state index contributed by atoms with van der Waals surface area (Å²) in [6.45, 7) is 3.63. The van der Waals surface area contributed by atoms with Crippen LogP contribution >= 0.6 is 0 Å². The fourth-order valence-electron chi connectivity index (χ4n) is 2.78. The van der Waals surface area contributed by atoms with Crippen molar-refractivity contribution in [2.45, 2.75) is 96.8 Å². The van der Waals surface area contributed by atoms with Gasteiger partial charge in [0.15, 0.2) is 0 Å². The first kappa shape index (κ1) is 28.3. The second kappa shape index (κ2) is 20.6. The Hall–Kier alpha value is 1.51. The Balaban J connectivity index is -0.000000301. The van der Waals surface area contributed by atoms with E-state index >= 15 is 0 Å². The molecule has 0 aromatic heterocycles. The molecular weight excluding hydrogens is 318 g/mol. The van der Waals surface area contributed by atoms with Gasteiger partial charge in [-0.15, -0.1) is 0 Å². The van der Waals surface area contributed by atoms with Crippen molar-refractivity contribution in [2.24, 2.45) is 0 Å². The molecule has 0 aliphatic heterocycles. The third kappa shape index (κ3) is 26.4. The van der Waals surface area contributed by atoms with E-state index in [1.165, 1.54) is 96.4 Å². The molecular formula is C19H44CaClN. The Kier molecular flexibility index (Phi) is 26.5. The third-order valence-corrected chi connectivity index (χ3v) is 4.18. The average Bonchev–Trinajstić information content (AvgIpc) is 2.38. The monoisotopic (exact) mass is 361 g/mol. The summed E-state index contributed by atoms with van der Waals surface area (Å²) >= 11 is 0. The maximum atomic E-state index is 2.29. The number of nitrogens with zero attached hydrogens (tertiary/aromatic N) is 1. The molecule has 1 nitrogen and oxygen atoms in total. The van der Waals surface area contributed by atoms with Gasteiger partial charge < -0.3 is 19.7 Å². The van der Waals surface area contributed by atoms with Gasteiger partial charge in [-0.05, 0) is 12.8 Å². The molecule has 0 atom stereocenters. The minimum Gasteiger partial charge on any atom is -1.00 e. The zero-order valence-electron chi connectivity index (χ0n) is 18.1. The van der Waals surface area contributed by atoms with Crippen molar-refractivity contribution >= 4 is 37.7 Å². The molecule has 0 rings (SSSR count). The van der Waals surface area contributed by atoms with Gasteiger partial charge in [0.2, 0.25) is 0 Å². The van der Waals surface area contributed by atoms with E-state index in [-0.39, 0.29) is 53.0 Å². The summed E-state index contributed by atoms with van der Waals surface area (Å²) in [6, 6.07) is 0. The van der Waals surface area contributed by atoms with Crippen molar-refractivity contribution in [2.75, 3.05) is 27.7 Å². The van der Waals surface area contributed by atoms with Crippen LogP contribution in [0.2, 0.25) is 0 Å². The van der Waals surface area contributed by atoms with E-state index in [9.17, 15) is 0 Å². The van der Waals surface area contributed by atoms with E-state index in [0.717, 1.165) is 4.48 Å². The van der Waals surface area contributed by atoms with E-state index in [1.807, 2.05) is 0 Å². The van der Waals surface area contributed by atoms with Crippen LogP contribution < -0.4 is 12.4 Å². The van der Waals surface area contributed by atoms with Gasteiger partial charge in [-0.25, -0.2) is 0 Å². The molecule has 0 spiro atoms. The Morgan fingerprint density at radius 1 is 0.545 bits per heavy atom. The maximum absolute atomic E-state index is 2.29. The summed E-state index contributed by atoms with van der Waals surface area (Å²) in [7, 11) is 6.88. The standard InChI is InChI=1S/C19H42N.Ca.ClH.2H/c1-5-6-7-8-9-10-11-12-13-14-15-16-17-18-19-20(2,3)4;;;;/h5-19H2,1-4H3;;1H;;/q+1;+2;;2*-1/p-1. The van der Waals surface area contributed by atoms with E-state index < -0.39 is 0 Å². The quantitative estimate of drug-likeness (QED) is 0.239. The minimum absolute atomic E-state index is 0. The Labute approximate surface area is 181 Å². The molecule has 0 amide bonds. The number of halogens is 1. The molecule has 3 heteroatoms. The predicted octanol–water partition coefficient (Wildman–Crippen LogP) is 3.02. The predicted molar refractivity (Wildman–Crippen MR) is 101 cm³/mol. The van der Waals surface area contributed by atoms with E-state index in [4.69, 9.17) is 0 Å². The van der Waals surface area contributed by atoms with Crippen LogP contribution in [0.3, 0.4) is 0 Å². The van der Waals surface area contributed by atoms with Gasteiger partial charge in [0, 0.05) is 0 Å². The second-order valence-corrected chi connectivity index (χ2v) is 7.61. The first-order valence-electron chi connectivity index (χ1n) is 9.36. The zero-order chi connectivity index (χ0) is 15.1. The van der Waals surface area contributed by atoms with Crippen molar-refractivity contribution in [1.29, 1.82) is 0 Å². The van der Waals surface area contributed by atoms with Gasteiger partial charge in [-0.1, -0.05) is 84.0 Å². The van der Waals surface area contributed by atoms with Crippen molar-refractivity contribution in [1.82, 2.24) is 0 Å². The van der Waals surface area contributed by atoms with E-state index in [1.54, 1.807) is 0 Å². The summed E-state index contributed by atoms with van der Waals surface area (Å²) in [5.74, 6) is 0. The largest absolute Gasteiger partial charge is 2.00 e. The molecule has 0 unspecified atom stereocenters. The number of rotatable bonds is 15. The molecule has 0 saturated carbocycles. The molecule has 0 aliphatic carbocycles.